The summed E-state index contributed by atoms with van der Waals surface area (Å²) in [6.45, 7) is -1.46. The lowest BCUT2D eigenvalue weighted by Crippen LogP contribution is -2.50. The van der Waals surface area contributed by atoms with Crippen LogP contribution in [0, 0.1) is 5.92 Å². The van der Waals surface area contributed by atoms with Gasteiger partial charge in [0.2, 0.25) is 17.7 Å². The Kier molecular flexibility index (Phi) is 6.66. The van der Waals surface area contributed by atoms with Gasteiger partial charge in [-0.2, -0.15) is 13.2 Å². The summed E-state index contributed by atoms with van der Waals surface area (Å²) in [6, 6.07) is -0.634. The Morgan fingerprint density at radius 3 is 2.28 bits per heavy atom. The summed E-state index contributed by atoms with van der Waals surface area (Å²) in [6.07, 6.45) is 1.55. The second-order valence-corrected chi connectivity index (χ2v) is 6.63. The Balaban J connectivity index is 1.81. The molecular weight excluding hydrogens is 339 g/mol. The number of carbonyl (C=O) groups excluding carboxylic acids is 3. The molecule has 0 bridgehead atoms. The van der Waals surface area contributed by atoms with Crippen LogP contribution in [0.3, 0.4) is 0 Å². The van der Waals surface area contributed by atoms with E-state index in [4.69, 9.17) is 0 Å². The third-order valence-electron chi connectivity index (χ3n) is 4.70. The number of hydrogen-bond acceptors (Lipinski definition) is 3. The molecule has 0 spiro atoms. The maximum atomic E-state index is 12.6. The minimum atomic E-state index is -4.49. The van der Waals surface area contributed by atoms with Crippen molar-refractivity contribution in [2.24, 2.45) is 5.92 Å². The molecule has 9 heteroatoms. The van der Waals surface area contributed by atoms with Gasteiger partial charge in [-0.15, -0.1) is 0 Å². The smallest absolute Gasteiger partial charge is 0.345 e. The highest BCUT2D eigenvalue weighted by Crippen LogP contribution is 2.28. The van der Waals surface area contributed by atoms with Crippen LogP contribution in [0.5, 0.6) is 0 Å². The van der Waals surface area contributed by atoms with Gasteiger partial charge in [0.1, 0.15) is 12.6 Å². The number of alkyl halides is 3. The van der Waals surface area contributed by atoms with Gasteiger partial charge in [-0.25, -0.2) is 0 Å². The summed E-state index contributed by atoms with van der Waals surface area (Å²) in [7, 11) is 0. The molecule has 2 aliphatic rings. The van der Waals surface area contributed by atoms with Gasteiger partial charge in [0.05, 0.1) is 6.54 Å². The molecule has 0 aromatic heterocycles. The summed E-state index contributed by atoms with van der Waals surface area (Å²) < 4.78 is 36.1. The predicted octanol–water partition coefficient (Wildman–Crippen LogP) is 1.35. The van der Waals surface area contributed by atoms with Gasteiger partial charge in [-0.3, -0.25) is 14.4 Å². The van der Waals surface area contributed by atoms with Crippen LogP contribution in [0.4, 0.5) is 13.2 Å². The second kappa shape index (κ2) is 8.53. The SMILES string of the molecule is O=C(CNC(=O)C1CCCN1C(=O)C1CCCCC1)NCC(F)(F)F. The summed E-state index contributed by atoms with van der Waals surface area (Å²) in [5.41, 5.74) is 0. The van der Waals surface area contributed by atoms with E-state index >= 15 is 0 Å². The second-order valence-electron chi connectivity index (χ2n) is 6.63. The Morgan fingerprint density at radius 2 is 1.64 bits per heavy atom. The van der Waals surface area contributed by atoms with Crippen molar-refractivity contribution in [2.45, 2.75) is 57.2 Å². The average Bonchev–Trinajstić information content (AvgIpc) is 3.07. The largest absolute Gasteiger partial charge is 0.405 e. The molecular formula is C16H24F3N3O3. The third-order valence-corrected chi connectivity index (χ3v) is 4.70. The number of halogens is 3. The van der Waals surface area contributed by atoms with Crippen molar-refractivity contribution >= 4 is 17.7 Å². The van der Waals surface area contributed by atoms with Gasteiger partial charge in [-0.05, 0) is 25.7 Å². The van der Waals surface area contributed by atoms with Gasteiger partial charge in [0.25, 0.3) is 0 Å². The first-order valence-electron chi connectivity index (χ1n) is 8.69. The van der Waals surface area contributed by atoms with Crippen molar-refractivity contribution < 1.29 is 27.6 Å². The van der Waals surface area contributed by atoms with E-state index in [9.17, 15) is 27.6 Å². The molecule has 1 aliphatic carbocycles. The van der Waals surface area contributed by atoms with Crippen LogP contribution in [0.2, 0.25) is 0 Å². The standard InChI is InChI=1S/C16H24F3N3O3/c17-16(18,19)10-21-13(23)9-20-14(24)12-7-4-8-22(12)15(25)11-5-2-1-3-6-11/h11-12H,1-10H2,(H,20,24)(H,21,23). The molecule has 0 radical (unpaired) electrons. The minimum absolute atomic E-state index is 0.0149. The molecule has 2 rings (SSSR count). The highest BCUT2D eigenvalue weighted by molar-refractivity contribution is 5.91. The van der Waals surface area contributed by atoms with Crippen LogP contribution in [0.1, 0.15) is 44.9 Å². The van der Waals surface area contributed by atoms with Crippen LogP contribution in [0.15, 0.2) is 0 Å². The molecule has 1 heterocycles. The fourth-order valence-corrected chi connectivity index (χ4v) is 3.43. The number of rotatable bonds is 5. The Bertz CT molecular complexity index is 505. The minimum Gasteiger partial charge on any atom is -0.345 e. The van der Waals surface area contributed by atoms with E-state index in [-0.39, 0.29) is 11.8 Å². The van der Waals surface area contributed by atoms with Crippen LogP contribution >= 0.6 is 0 Å². The van der Waals surface area contributed by atoms with Crippen molar-refractivity contribution in [3.05, 3.63) is 0 Å². The number of nitrogens with one attached hydrogen (secondary N) is 2. The topological polar surface area (TPSA) is 78.5 Å². The molecule has 25 heavy (non-hydrogen) atoms. The van der Waals surface area contributed by atoms with E-state index in [0.29, 0.717) is 19.4 Å². The van der Waals surface area contributed by atoms with E-state index in [0.717, 1.165) is 32.1 Å². The average molecular weight is 363 g/mol. The third kappa shape index (κ3) is 5.89. The number of hydrogen-bond donors (Lipinski definition) is 2. The number of nitrogens with zero attached hydrogens (tertiary/aromatic N) is 1. The lowest BCUT2D eigenvalue weighted by Gasteiger charge is -2.30. The van der Waals surface area contributed by atoms with Crippen molar-refractivity contribution in [3.63, 3.8) is 0 Å². The quantitative estimate of drug-likeness (QED) is 0.774. The van der Waals surface area contributed by atoms with Gasteiger partial charge in [-0.1, -0.05) is 19.3 Å². The fraction of sp³-hybridized carbons (Fsp3) is 0.812. The molecule has 2 N–H and O–H groups in total. The van der Waals surface area contributed by atoms with E-state index in [1.54, 1.807) is 10.2 Å². The highest BCUT2D eigenvalue weighted by Gasteiger charge is 2.37. The van der Waals surface area contributed by atoms with Crippen LogP contribution < -0.4 is 10.6 Å². The van der Waals surface area contributed by atoms with Crippen molar-refractivity contribution in [1.29, 1.82) is 0 Å². The maximum Gasteiger partial charge on any atom is 0.405 e. The zero-order valence-corrected chi connectivity index (χ0v) is 14.0. The molecule has 142 valence electrons. The molecule has 1 saturated carbocycles. The molecule has 1 atom stereocenters. The molecule has 1 unspecified atom stereocenters. The van der Waals surface area contributed by atoms with Gasteiger partial charge < -0.3 is 15.5 Å². The summed E-state index contributed by atoms with van der Waals surface area (Å²) >= 11 is 0. The van der Waals surface area contributed by atoms with Crippen molar-refractivity contribution in [3.8, 4) is 0 Å². The van der Waals surface area contributed by atoms with E-state index in [2.05, 4.69) is 5.32 Å². The summed E-state index contributed by atoms with van der Waals surface area (Å²) in [4.78, 5) is 37.8. The molecule has 1 aliphatic heterocycles. The van der Waals surface area contributed by atoms with Gasteiger partial charge in [0, 0.05) is 12.5 Å². The molecule has 0 aromatic carbocycles. The van der Waals surface area contributed by atoms with Crippen molar-refractivity contribution in [2.75, 3.05) is 19.6 Å². The Morgan fingerprint density at radius 1 is 0.960 bits per heavy atom. The zero-order valence-electron chi connectivity index (χ0n) is 14.0. The fourth-order valence-electron chi connectivity index (χ4n) is 3.43. The Labute approximate surface area is 144 Å². The molecule has 2 fully saturated rings. The van der Waals surface area contributed by atoms with Gasteiger partial charge >= 0.3 is 6.18 Å². The first-order chi connectivity index (χ1) is 11.8. The predicted molar refractivity (Wildman–Crippen MR) is 83.4 cm³/mol. The maximum absolute atomic E-state index is 12.6. The highest BCUT2D eigenvalue weighted by atomic mass is 19.4. The van der Waals surface area contributed by atoms with Crippen LogP contribution in [-0.4, -0.2) is 54.5 Å². The molecule has 0 aromatic rings. The lowest BCUT2D eigenvalue weighted by molar-refractivity contribution is -0.143. The van der Waals surface area contributed by atoms with E-state index in [1.165, 1.54) is 0 Å². The molecule has 6 nitrogen and oxygen atoms in total. The number of likely N-dealkylation sites (tertiary alicyclic amines) is 1. The first-order valence-corrected chi connectivity index (χ1v) is 8.69. The lowest BCUT2D eigenvalue weighted by atomic mass is 9.88. The normalized spacial score (nSPS) is 21.9. The summed E-state index contributed by atoms with van der Waals surface area (Å²) in [5.74, 6) is -1.45. The first kappa shape index (κ1) is 19.5. The van der Waals surface area contributed by atoms with Gasteiger partial charge in [0.15, 0.2) is 0 Å². The van der Waals surface area contributed by atoms with E-state index < -0.39 is 37.1 Å². The zero-order chi connectivity index (χ0) is 18.4. The molecule has 1 saturated heterocycles. The van der Waals surface area contributed by atoms with Crippen LogP contribution in [0.25, 0.3) is 0 Å². The number of amides is 3. The summed E-state index contributed by atoms with van der Waals surface area (Å²) in [5, 5.41) is 4.03. The Hall–Kier alpha value is -1.80. The molecule has 3 amide bonds. The van der Waals surface area contributed by atoms with Crippen LogP contribution in [-0.2, 0) is 14.4 Å². The van der Waals surface area contributed by atoms with Crippen molar-refractivity contribution in [1.82, 2.24) is 15.5 Å². The van der Waals surface area contributed by atoms with E-state index in [1.807, 2.05) is 0 Å². The number of carbonyl (C=O) groups is 3. The monoisotopic (exact) mass is 363 g/mol.